The fraction of sp³-hybridized carbons (Fsp3) is 0.222. The average molecular weight is 387 g/mol. The van der Waals surface area contributed by atoms with E-state index in [1.54, 1.807) is 11.8 Å². The third kappa shape index (κ3) is 3.08. The molecule has 0 N–H and O–H groups in total. The fourth-order valence-corrected chi connectivity index (χ4v) is 3.90. The van der Waals surface area contributed by atoms with Crippen molar-refractivity contribution < 1.29 is 0 Å². The highest BCUT2D eigenvalue weighted by Gasteiger charge is 2.28. The normalized spacial score (nSPS) is 14.3. The van der Waals surface area contributed by atoms with Gasteiger partial charge in [0.1, 0.15) is 0 Å². The van der Waals surface area contributed by atoms with Crippen molar-refractivity contribution in [1.29, 1.82) is 0 Å². The molecule has 4 rings (SSSR count). The Hall–Kier alpha value is -1.59. The summed E-state index contributed by atoms with van der Waals surface area (Å²) in [5.41, 5.74) is 2.10. The van der Waals surface area contributed by atoms with Crippen LogP contribution in [0.15, 0.2) is 63.0 Å². The molecule has 5 heteroatoms. The van der Waals surface area contributed by atoms with E-state index in [0.29, 0.717) is 11.4 Å². The molecule has 0 bridgehead atoms. The quantitative estimate of drug-likeness (QED) is 0.477. The second-order valence-corrected chi connectivity index (χ2v) is 7.59. The molecule has 1 saturated carbocycles. The maximum Gasteiger partial charge on any atom is 0.262 e. The molecule has 0 saturated heterocycles. The molecule has 116 valence electrons. The Morgan fingerprint density at radius 1 is 1.13 bits per heavy atom. The van der Waals surface area contributed by atoms with Crippen molar-refractivity contribution in [2.24, 2.45) is 0 Å². The third-order valence-corrected chi connectivity index (χ3v) is 5.52. The molecule has 1 aromatic heterocycles. The van der Waals surface area contributed by atoms with Crippen LogP contribution in [0.5, 0.6) is 0 Å². The molecule has 1 aliphatic rings. The predicted octanol–water partition coefficient (Wildman–Crippen LogP) is 4.79. The minimum absolute atomic E-state index is 0.0939. The number of fused-ring (bicyclic) bond motifs is 1. The van der Waals surface area contributed by atoms with Crippen molar-refractivity contribution in [2.45, 2.75) is 29.8 Å². The number of hydrogen-bond acceptors (Lipinski definition) is 3. The number of para-hydroxylation sites is 1. The van der Waals surface area contributed by atoms with Crippen molar-refractivity contribution in [3.05, 3.63) is 68.9 Å². The van der Waals surface area contributed by atoms with Gasteiger partial charge in [-0.3, -0.25) is 9.36 Å². The molecule has 3 aromatic rings. The summed E-state index contributed by atoms with van der Waals surface area (Å²) in [5, 5.41) is 1.55. The molecule has 3 nitrogen and oxygen atoms in total. The van der Waals surface area contributed by atoms with E-state index in [2.05, 4.69) is 28.1 Å². The summed E-state index contributed by atoms with van der Waals surface area (Å²) in [4.78, 5) is 17.5. The molecule has 1 aliphatic carbocycles. The second kappa shape index (κ2) is 6.13. The van der Waals surface area contributed by atoms with Gasteiger partial charge in [0.2, 0.25) is 0 Å². The Morgan fingerprint density at radius 2 is 1.87 bits per heavy atom. The van der Waals surface area contributed by atoms with Gasteiger partial charge >= 0.3 is 0 Å². The molecule has 0 unspecified atom stereocenters. The van der Waals surface area contributed by atoms with E-state index in [-0.39, 0.29) is 5.56 Å². The molecular formula is C18H15BrN2OS. The Balaban J connectivity index is 1.72. The lowest BCUT2D eigenvalue weighted by Crippen LogP contribution is -2.22. The van der Waals surface area contributed by atoms with Crippen molar-refractivity contribution in [2.75, 3.05) is 0 Å². The topological polar surface area (TPSA) is 34.9 Å². The number of benzene rings is 2. The van der Waals surface area contributed by atoms with Crippen molar-refractivity contribution in [3.63, 3.8) is 0 Å². The first kappa shape index (κ1) is 15.0. The Kier molecular flexibility index (Phi) is 3.99. The maximum absolute atomic E-state index is 12.8. The zero-order valence-corrected chi connectivity index (χ0v) is 14.8. The number of aromatic nitrogens is 2. The summed E-state index contributed by atoms with van der Waals surface area (Å²) in [6, 6.07) is 16.2. The summed E-state index contributed by atoms with van der Waals surface area (Å²) >= 11 is 5.09. The van der Waals surface area contributed by atoms with E-state index >= 15 is 0 Å². The summed E-state index contributed by atoms with van der Waals surface area (Å²) in [5.74, 6) is 0.810. The molecule has 23 heavy (non-hydrogen) atoms. The lowest BCUT2D eigenvalue weighted by Gasteiger charge is -2.12. The standard InChI is InChI=1S/C18H15BrN2OS/c19-13-7-5-12(6-8-13)11-23-18-20-16-4-2-1-3-15(16)17(22)21(18)14-9-10-14/h1-8,14H,9-11H2. The van der Waals surface area contributed by atoms with Crippen LogP contribution < -0.4 is 5.56 Å². The molecule has 2 aromatic carbocycles. The van der Waals surface area contributed by atoms with E-state index in [9.17, 15) is 4.79 Å². The first-order valence-electron chi connectivity index (χ1n) is 7.61. The zero-order chi connectivity index (χ0) is 15.8. The van der Waals surface area contributed by atoms with Gasteiger partial charge in [-0.25, -0.2) is 4.98 Å². The summed E-state index contributed by atoms with van der Waals surface area (Å²) in [7, 11) is 0. The molecule has 0 spiro atoms. The maximum atomic E-state index is 12.8. The number of halogens is 1. The Morgan fingerprint density at radius 3 is 2.61 bits per heavy atom. The van der Waals surface area contributed by atoms with E-state index in [4.69, 9.17) is 4.98 Å². The molecule has 1 heterocycles. The van der Waals surface area contributed by atoms with Gasteiger partial charge in [-0.1, -0.05) is 52.0 Å². The first-order valence-corrected chi connectivity index (χ1v) is 9.39. The van der Waals surface area contributed by atoms with E-state index in [0.717, 1.165) is 33.7 Å². The number of thioether (sulfide) groups is 1. The van der Waals surface area contributed by atoms with Gasteiger partial charge in [0.05, 0.1) is 10.9 Å². The monoisotopic (exact) mass is 386 g/mol. The van der Waals surface area contributed by atoms with Crippen LogP contribution in [0, 0.1) is 0 Å². The van der Waals surface area contributed by atoms with Gasteiger partial charge < -0.3 is 0 Å². The average Bonchev–Trinajstić information content (AvgIpc) is 3.39. The predicted molar refractivity (Wildman–Crippen MR) is 98.0 cm³/mol. The summed E-state index contributed by atoms with van der Waals surface area (Å²) < 4.78 is 2.97. The first-order chi connectivity index (χ1) is 11.2. The Bertz CT molecular complexity index is 916. The van der Waals surface area contributed by atoms with Crippen LogP contribution in [0.4, 0.5) is 0 Å². The summed E-state index contributed by atoms with van der Waals surface area (Å²) in [6.07, 6.45) is 2.15. The van der Waals surface area contributed by atoms with Gasteiger partial charge in [0.25, 0.3) is 5.56 Å². The van der Waals surface area contributed by atoms with Crippen LogP contribution >= 0.6 is 27.7 Å². The minimum Gasteiger partial charge on any atom is -0.284 e. The van der Waals surface area contributed by atoms with Gasteiger partial charge in [-0.05, 0) is 42.7 Å². The molecule has 1 fully saturated rings. The highest BCUT2D eigenvalue weighted by atomic mass is 79.9. The largest absolute Gasteiger partial charge is 0.284 e. The second-order valence-electron chi connectivity index (χ2n) is 5.73. The van der Waals surface area contributed by atoms with Gasteiger partial charge in [-0.2, -0.15) is 0 Å². The van der Waals surface area contributed by atoms with Crippen LogP contribution in [-0.2, 0) is 5.75 Å². The molecular weight excluding hydrogens is 372 g/mol. The summed E-state index contributed by atoms with van der Waals surface area (Å²) in [6.45, 7) is 0. The van der Waals surface area contributed by atoms with Gasteiger partial charge in [-0.15, -0.1) is 0 Å². The molecule has 0 radical (unpaired) electrons. The van der Waals surface area contributed by atoms with Crippen LogP contribution in [0.1, 0.15) is 24.4 Å². The fourth-order valence-electron chi connectivity index (χ4n) is 2.61. The van der Waals surface area contributed by atoms with Crippen LogP contribution in [-0.4, -0.2) is 9.55 Å². The number of nitrogens with zero attached hydrogens (tertiary/aromatic N) is 2. The smallest absolute Gasteiger partial charge is 0.262 e. The van der Waals surface area contributed by atoms with E-state index < -0.39 is 0 Å². The number of hydrogen-bond donors (Lipinski definition) is 0. The highest BCUT2D eigenvalue weighted by Crippen LogP contribution is 2.37. The van der Waals surface area contributed by atoms with Crippen molar-refractivity contribution in [1.82, 2.24) is 9.55 Å². The van der Waals surface area contributed by atoms with Crippen molar-refractivity contribution in [3.8, 4) is 0 Å². The van der Waals surface area contributed by atoms with E-state index in [1.807, 2.05) is 41.0 Å². The zero-order valence-electron chi connectivity index (χ0n) is 12.4. The lowest BCUT2D eigenvalue weighted by atomic mass is 10.2. The molecule has 0 atom stereocenters. The molecule has 0 amide bonds. The van der Waals surface area contributed by atoms with Crippen LogP contribution in [0.2, 0.25) is 0 Å². The van der Waals surface area contributed by atoms with Gasteiger partial charge in [0.15, 0.2) is 5.16 Å². The Labute approximate surface area is 146 Å². The van der Waals surface area contributed by atoms with Gasteiger partial charge in [0, 0.05) is 16.3 Å². The van der Waals surface area contributed by atoms with Crippen LogP contribution in [0.3, 0.4) is 0 Å². The third-order valence-electron chi connectivity index (χ3n) is 3.97. The lowest BCUT2D eigenvalue weighted by molar-refractivity contribution is 0.618. The van der Waals surface area contributed by atoms with E-state index in [1.165, 1.54) is 5.56 Å². The highest BCUT2D eigenvalue weighted by molar-refractivity contribution is 9.10. The minimum atomic E-state index is 0.0939. The van der Waals surface area contributed by atoms with Crippen molar-refractivity contribution >= 4 is 38.6 Å². The SMILES string of the molecule is O=c1c2ccccc2nc(SCc2ccc(Br)cc2)n1C1CC1. The van der Waals surface area contributed by atoms with Crippen LogP contribution in [0.25, 0.3) is 10.9 Å². The molecule has 0 aliphatic heterocycles. The number of rotatable bonds is 4.